The zero-order chi connectivity index (χ0) is 28.6. The van der Waals surface area contributed by atoms with Crippen molar-refractivity contribution < 1.29 is 23.1 Å². The van der Waals surface area contributed by atoms with Crippen LogP contribution in [0.3, 0.4) is 0 Å². The molecular formula is C32H39ClN2O5S. The minimum atomic E-state index is -3.86. The number of ether oxygens (including phenoxy) is 1. The Hall–Kier alpha value is -2.55. The molecule has 4 aliphatic rings. The Morgan fingerprint density at radius 3 is 2.68 bits per heavy atom. The second-order valence-electron chi connectivity index (χ2n) is 12.1. The quantitative estimate of drug-likeness (QED) is 0.381. The molecule has 0 unspecified atom stereocenters. The van der Waals surface area contributed by atoms with Crippen LogP contribution < -0.4 is 14.4 Å². The van der Waals surface area contributed by atoms with Crippen LogP contribution in [0.5, 0.6) is 5.75 Å². The maximum absolute atomic E-state index is 13.4. The summed E-state index contributed by atoms with van der Waals surface area (Å²) in [7, 11) is -3.86. The van der Waals surface area contributed by atoms with E-state index in [4.69, 9.17) is 16.3 Å². The largest absolute Gasteiger partial charge is 0.487 e. The summed E-state index contributed by atoms with van der Waals surface area (Å²) in [5, 5.41) is 11.2. The van der Waals surface area contributed by atoms with Gasteiger partial charge < -0.3 is 14.7 Å². The number of carbonyl (C=O) groups is 1. The SMILES string of the molecule is O=C1NS(=O)(=O)[C@@H]2CCC[C@@H]2C/C=C/[C@H](O)[C@@H]2CC[C@H]2CN2CCCCc3cc(Cl)ccc3COc3ccc1cc32. The predicted octanol–water partition coefficient (Wildman–Crippen LogP) is 5.64. The molecule has 6 rings (SSSR count). The lowest BCUT2D eigenvalue weighted by Gasteiger charge is -2.42. The number of fused-ring (bicyclic) bond motifs is 4. The summed E-state index contributed by atoms with van der Waals surface area (Å²) >= 11 is 6.30. The lowest BCUT2D eigenvalue weighted by Crippen LogP contribution is -2.43. The Morgan fingerprint density at radius 1 is 0.976 bits per heavy atom. The lowest BCUT2D eigenvalue weighted by molar-refractivity contribution is 0.0461. The number of rotatable bonds is 0. The third-order valence-corrected chi connectivity index (χ3v) is 11.7. The first kappa shape index (κ1) is 28.6. The molecule has 1 amide bonds. The van der Waals surface area contributed by atoms with Crippen LogP contribution in [0.2, 0.25) is 5.02 Å². The van der Waals surface area contributed by atoms with E-state index in [1.807, 2.05) is 30.4 Å². The highest BCUT2D eigenvalue weighted by Gasteiger charge is 2.39. The Balaban J connectivity index is 1.38. The molecule has 41 heavy (non-hydrogen) atoms. The topological polar surface area (TPSA) is 95.9 Å². The summed E-state index contributed by atoms with van der Waals surface area (Å²) in [6.45, 7) is 1.86. The van der Waals surface area contributed by atoms with E-state index in [0.717, 1.165) is 69.3 Å². The van der Waals surface area contributed by atoms with Crippen molar-refractivity contribution in [2.75, 3.05) is 18.0 Å². The minimum absolute atomic E-state index is 0.0668. The van der Waals surface area contributed by atoms with Gasteiger partial charge in [0.2, 0.25) is 10.0 Å². The molecule has 2 saturated carbocycles. The molecule has 2 bridgehead atoms. The van der Waals surface area contributed by atoms with Gasteiger partial charge in [0.25, 0.3) is 5.91 Å². The van der Waals surface area contributed by atoms with E-state index >= 15 is 0 Å². The molecule has 5 atom stereocenters. The van der Waals surface area contributed by atoms with Crippen molar-refractivity contribution in [2.45, 2.75) is 75.7 Å². The number of hydrogen-bond donors (Lipinski definition) is 2. The van der Waals surface area contributed by atoms with E-state index < -0.39 is 27.3 Å². The van der Waals surface area contributed by atoms with Crippen LogP contribution in [-0.2, 0) is 23.1 Å². The van der Waals surface area contributed by atoms with Crippen molar-refractivity contribution in [3.8, 4) is 5.75 Å². The Morgan fingerprint density at radius 2 is 1.85 bits per heavy atom. The van der Waals surface area contributed by atoms with Crippen molar-refractivity contribution in [2.24, 2.45) is 17.8 Å². The molecule has 2 aromatic rings. The fourth-order valence-electron chi connectivity index (χ4n) is 7.11. The van der Waals surface area contributed by atoms with Crippen LogP contribution in [0.15, 0.2) is 48.6 Å². The average molecular weight is 599 g/mol. The summed E-state index contributed by atoms with van der Waals surface area (Å²) in [5.41, 5.74) is 3.35. The van der Waals surface area contributed by atoms with Gasteiger partial charge in [-0.05, 0) is 111 Å². The van der Waals surface area contributed by atoms with Crippen molar-refractivity contribution in [1.29, 1.82) is 0 Å². The minimum Gasteiger partial charge on any atom is -0.487 e. The van der Waals surface area contributed by atoms with Gasteiger partial charge in [-0.25, -0.2) is 13.1 Å². The lowest BCUT2D eigenvalue weighted by atomic mass is 9.70. The van der Waals surface area contributed by atoms with Crippen molar-refractivity contribution in [3.05, 3.63) is 70.3 Å². The molecule has 2 N–H and O–H groups in total. The van der Waals surface area contributed by atoms with Crippen molar-refractivity contribution >= 4 is 33.2 Å². The summed E-state index contributed by atoms with van der Waals surface area (Å²) in [5.74, 6) is 0.451. The van der Waals surface area contributed by atoms with E-state index in [-0.39, 0.29) is 11.8 Å². The molecule has 2 fully saturated rings. The highest BCUT2D eigenvalue weighted by atomic mass is 35.5. The van der Waals surface area contributed by atoms with Crippen LogP contribution in [0.25, 0.3) is 0 Å². The first-order valence-corrected chi connectivity index (χ1v) is 16.9. The summed E-state index contributed by atoms with van der Waals surface area (Å²) in [6, 6.07) is 11.1. The summed E-state index contributed by atoms with van der Waals surface area (Å²) < 4.78 is 35.5. The van der Waals surface area contributed by atoms with Crippen molar-refractivity contribution in [1.82, 2.24) is 4.72 Å². The second-order valence-corrected chi connectivity index (χ2v) is 14.5. The average Bonchev–Trinajstić information content (AvgIpc) is 3.39. The van der Waals surface area contributed by atoms with E-state index in [1.54, 1.807) is 18.2 Å². The second kappa shape index (κ2) is 12.0. The van der Waals surface area contributed by atoms with Gasteiger partial charge in [-0.15, -0.1) is 0 Å². The Kier molecular flexibility index (Phi) is 8.35. The molecular weight excluding hydrogens is 560 g/mol. The number of anilines is 1. The van der Waals surface area contributed by atoms with Crippen LogP contribution in [-0.4, -0.2) is 43.9 Å². The van der Waals surface area contributed by atoms with Gasteiger partial charge in [-0.2, -0.15) is 0 Å². The number of nitrogens with zero attached hydrogens (tertiary/aromatic N) is 1. The van der Waals surface area contributed by atoms with E-state index in [2.05, 4.69) is 9.62 Å². The van der Waals surface area contributed by atoms with Crippen molar-refractivity contribution in [3.63, 3.8) is 0 Å². The van der Waals surface area contributed by atoms with Crippen LogP contribution in [0, 0.1) is 17.8 Å². The molecule has 220 valence electrons. The zero-order valence-electron chi connectivity index (χ0n) is 23.3. The van der Waals surface area contributed by atoms with Gasteiger partial charge in [-0.3, -0.25) is 4.79 Å². The fourth-order valence-corrected chi connectivity index (χ4v) is 9.07. The number of aliphatic hydroxyl groups is 1. The van der Waals surface area contributed by atoms with Crippen LogP contribution >= 0.6 is 11.6 Å². The number of carbonyl (C=O) groups excluding carboxylic acids is 1. The molecule has 0 aromatic heterocycles. The van der Waals surface area contributed by atoms with Gasteiger partial charge >= 0.3 is 0 Å². The fraction of sp³-hybridized carbons (Fsp3) is 0.531. The molecule has 0 saturated heterocycles. The van der Waals surface area contributed by atoms with Gasteiger partial charge in [0.15, 0.2) is 0 Å². The van der Waals surface area contributed by atoms with E-state index in [0.29, 0.717) is 41.7 Å². The molecule has 2 heterocycles. The third kappa shape index (κ3) is 6.15. The maximum Gasteiger partial charge on any atom is 0.264 e. The normalized spacial score (nSPS) is 30.7. The van der Waals surface area contributed by atoms with Gasteiger partial charge in [0, 0.05) is 23.7 Å². The first-order valence-electron chi connectivity index (χ1n) is 15.0. The number of amides is 1. The predicted molar refractivity (Wildman–Crippen MR) is 161 cm³/mol. The molecule has 7 nitrogen and oxygen atoms in total. The Bertz CT molecular complexity index is 1430. The Labute approximate surface area is 248 Å². The molecule has 0 spiro atoms. The van der Waals surface area contributed by atoms with Crippen LogP contribution in [0.4, 0.5) is 5.69 Å². The highest BCUT2D eigenvalue weighted by Crippen LogP contribution is 2.41. The number of aryl methyl sites for hydroxylation is 1. The number of benzene rings is 2. The van der Waals surface area contributed by atoms with Gasteiger partial charge in [0.1, 0.15) is 12.4 Å². The van der Waals surface area contributed by atoms with E-state index in [1.165, 1.54) is 5.56 Å². The third-order valence-electron chi connectivity index (χ3n) is 9.60. The van der Waals surface area contributed by atoms with E-state index in [9.17, 15) is 18.3 Å². The number of aliphatic hydroxyl groups excluding tert-OH is 1. The molecule has 9 heteroatoms. The molecule has 0 radical (unpaired) electrons. The number of nitrogens with one attached hydrogen (secondary N) is 1. The standard InChI is InChI=1S/C32H39ClN2O5S/c33-26-13-10-25-20-40-30-15-12-23-18-28(30)35(16-2-1-5-22(25)17-26)19-24-11-14-27(24)29(36)8-3-6-21-7-4-9-31(21)41(38,39)34-32(23)37/h3,8,10,12-13,15,17-18,21,24,27,29,31,36H,1-2,4-7,9,11,14,16,19-20H2,(H,34,37)/b8-3+/t21-,24-,27+,29-,31+/m0/s1. The number of allylic oxidation sites excluding steroid dienone is 1. The zero-order valence-corrected chi connectivity index (χ0v) is 24.9. The maximum atomic E-state index is 13.4. The summed E-state index contributed by atoms with van der Waals surface area (Å²) in [6.07, 6.45) is 10.8. The van der Waals surface area contributed by atoms with Gasteiger partial charge in [0.05, 0.1) is 17.0 Å². The molecule has 2 aliphatic carbocycles. The smallest absolute Gasteiger partial charge is 0.264 e. The first-order chi connectivity index (χ1) is 19.8. The molecule has 2 aliphatic heterocycles. The van der Waals surface area contributed by atoms with Gasteiger partial charge in [-0.1, -0.05) is 36.2 Å². The summed E-state index contributed by atoms with van der Waals surface area (Å²) in [4.78, 5) is 15.7. The number of halogens is 1. The highest BCUT2D eigenvalue weighted by molar-refractivity contribution is 7.90. The molecule has 2 aromatic carbocycles. The number of sulfonamides is 1. The number of hydrogen-bond acceptors (Lipinski definition) is 6. The van der Waals surface area contributed by atoms with Crippen LogP contribution in [0.1, 0.15) is 72.9 Å². The monoisotopic (exact) mass is 598 g/mol.